The Labute approximate surface area is 147 Å². The maximum absolute atomic E-state index is 10.3. The predicted octanol–water partition coefficient (Wildman–Crippen LogP) is 3.26. The van der Waals surface area contributed by atoms with Crippen LogP contribution in [0.25, 0.3) is 0 Å². The Morgan fingerprint density at radius 1 is 1.33 bits per heavy atom. The Kier molecular flexibility index (Phi) is 6.37. The summed E-state index contributed by atoms with van der Waals surface area (Å²) in [5, 5.41) is 10.3. The molecule has 1 N–H and O–H groups in total. The van der Waals surface area contributed by atoms with Crippen LogP contribution in [0.5, 0.6) is 0 Å². The molecule has 3 rings (SSSR count). The number of aliphatic hydroxyl groups excluding tert-OH is 1. The standard InChI is InChI=1S/C19H25NO3S/c1-15-4-6-16(7-5-15)19-14-24-10-8-20(19)11-17(21)12-22-13-18-3-2-9-23-18/h2-7,9,17,19,21H,8,10-14H2,1H3. The number of ether oxygens (including phenoxy) is 1. The van der Waals surface area contributed by atoms with Gasteiger partial charge in [-0.05, 0) is 24.6 Å². The molecule has 24 heavy (non-hydrogen) atoms. The fourth-order valence-electron chi connectivity index (χ4n) is 2.97. The zero-order valence-electron chi connectivity index (χ0n) is 14.1. The number of nitrogens with zero attached hydrogens (tertiary/aromatic N) is 1. The molecule has 0 bridgehead atoms. The highest BCUT2D eigenvalue weighted by Gasteiger charge is 2.26. The topological polar surface area (TPSA) is 45.8 Å². The summed E-state index contributed by atoms with van der Waals surface area (Å²) in [4.78, 5) is 2.38. The van der Waals surface area contributed by atoms with E-state index in [1.165, 1.54) is 11.1 Å². The van der Waals surface area contributed by atoms with Crippen LogP contribution in [0, 0.1) is 6.92 Å². The first-order valence-electron chi connectivity index (χ1n) is 8.39. The minimum absolute atomic E-state index is 0.324. The van der Waals surface area contributed by atoms with Gasteiger partial charge in [-0.1, -0.05) is 29.8 Å². The summed E-state index contributed by atoms with van der Waals surface area (Å²) >= 11 is 1.98. The molecule has 1 aromatic heterocycles. The van der Waals surface area contributed by atoms with Gasteiger partial charge in [-0.25, -0.2) is 0 Å². The van der Waals surface area contributed by atoms with Crippen molar-refractivity contribution in [2.45, 2.75) is 25.7 Å². The molecule has 4 nitrogen and oxygen atoms in total. The van der Waals surface area contributed by atoms with Gasteiger partial charge in [-0.15, -0.1) is 0 Å². The fraction of sp³-hybridized carbons (Fsp3) is 0.474. The van der Waals surface area contributed by atoms with Gasteiger partial charge in [0.25, 0.3) is 0 Å². The van der Waals surface area contributed by atoms with E-state index in [1.54, 1.807) is 6.26 Å². The first-order chi connectivity index (χ1) is 11.7. The Morgan fingerprint density at radius 2 is 2.17 bits per heavy atom. The highest BCUT2D eigenvalue weighted by Crippen LogP contribution is 2.29. The van der Waals surface area contributed by atoms with Gasteiger partial charge in [0.2, 0.25) is 0 Å². The monoisotopic (exact) mass is 347 g/mol. The van der Waals surface area contributed by atoms with Crippen molar-refractivity contribution in [3.63, 3.8) is 0 Å². The van der Waals surface area contributed by atoms with Crippen molar-refractivity contribution >= 4 is 11.8 Å². The second kappa shape index (κ2) is 8.72. The van der Waals surface area contributed by atoms with Gasteiger partial charge in [0, 0.05) is 30.6 Å². The normalized spacial score (nSPS) is 20.2. The minimum atomic E-state index is -0.490. The lowest BCUT2D eigenvalue weighted by molar-refractivity contribution is -0.0000278. The van der Waals surface area contributed by atoms with Gasteiger partial charge in [-0.2, -0.15) is 11.8 Å². The SMILES string of the molecule is Cc1ccc(C2CSCCN2CC(O)COCc2ccco2)cc1. The number of benzene rings is 1. The van der Waals surface area contributed by atoms with E-state index in [0.717, 1.165) is 23.8 Å². The van der Waals surface area contributed by atoms with Crippen LogP contribution in [0.3, 0.4) is 0 Å². The molecule has 1 saturated heterocycles. The van der Waals surface area contributed by atoms with Crippen LogP contribution in [-0.2, 0) is 11.3 Å². The molecular formula is C19H25NO3S. The third-order valence-electron chi connectivity index (χ3n) is 4.28. The molecule has 0 radical (unpaired) electrons. The summed E-state index contributed by atoms with van der Waals surface area (Å²) in [5.41, 5.74) is 2.61. The fourth-order valence-corrected chi connectivity index (χ4v) is 4.12. The highest BCUT2D eigenvalue weighted by atomic mass is 32.2. The number of furan rings is 1. The second-order valence-corrected chi connectivity index (χ2v) is 7.39. The minimum Gasteiger partial charge on any atom is -0.467 e. The first-order valence-corrected chi connectivity index (χ1v) is 9.54. The number of aryl methyl sites for hydroxylation is 1. The lowest BCUT2D eigenvalue weighted by Crippen LogP contribution is -2.42. The number of thioether (sulfide) groups is 1. The van der Waals surface area contributed by atoms with Crippen molar-refractivity contribution < 1.29 is 14.3 Å². The molecule has 1 fully saturated rings. The summed E-state index contributed by atoms with van der Waals surface area (Å²) in [6.07, 6.45) is 1.14. The van der Waals surface area contributed by atoms with Crippen molar-refractivity contribution in [1.29, 1.82) is 0 Å². The quantitative estimate of drug-likeness (QED) is 0.833. The molecule has 5 heteroatoms. The van der Waals surface area contributed by atoms with Gasteiger partial charge >= 0.3 is 0 Å². The Balaban J connectivity index is 1.52. The van der Waals surface area contributed by atoms with Crippen molar-refractivity contribution in [3.8, 4) is 0 Å². The number of hydrogen-bond donors (Lipinski definition) is 1. The van der Waals surface area contributed by atoms with Crippen LogP contribution in [0.4, 0.5) is 0 Å². The van der Waals surface area contributed by atoms with Gasteiger partial charge in [-0.3, -0.25) is 4.90 Å². The molecule has 1 aliphatic heterocycles. The molecule has 2 aromatic rings. The predicted molar refractivity (Wildman–Crippen MR) is 97.2 cm³/mol. The summed E-state index contributed by atoms with van der Waals surface area (Å²) in [6, 6.07) is 12.8. The van der Waals surface area contributed by atoms with E-state index >= 15 is 0 Å². The first kappa shape index (κ1) is 17.5. The second-order valence-electron chi connectivity index (χ2n) is 6.24. The van der Waals surface area contributed by atoms with Crippen molar-refractivity contribution in [2.75, 3.05) is 31.2 Å². The molecule has 2 heterocycles. The van der Waals surface area contributed by atoms with Crippen LogP contribution < -0.4 is 0 Å². The maximum atomic E-state index is 10.3. The smallest absolute Gasteiger partial charge is 0.129 e. The van der Waals surface area contributed by atoms with Gasteiger partial charge in [0.1, 0.15) is 12.4 Å². The van der Waals surface area contributed by atoms with Gasteiger partial charge < -0.3 is 14.3 Å². The van der Waals surface area contributed by atoms with Gasteiger partial charge in [0.05, 0.1) is 19.0 Å². The van der Waals surface area contributed by atoms with E-state index in [1.807, 2.05) is 23.9 Å². The molecule has 1 aliphatic rings. The lowest BCUT2D eigenvalue weighted by Gasteiger charge is -2.36. The van der Waals surface area contributed by atoms with E-state index in [2.05, 4.69) is 36.1 Å². The average Bonchev–Trinajstić information content (AvgIpc) is 3.10. The molecule has 0 aliphatic carbocycles. The van der Waals surface area contributed by atoms with Crippen molar-refractivity contribution in [1.82, 2.24) is 4.90 Å². The zero-order chi connectivity index (χ0) is 16.8. The molecule has 2 unspecified atom stereocenters. The Hall–Kier alpha value is -1.27. The summed E-state index contributed by atoms with van der Waals surface area (Å²) in [5.74, 6) is 2.97. The molecule has 2 atom stereocenters. The Bertz CT molecular complexity index is 600. The van der Waals surface area contributed by atoms with Crippen LogP contribution >= 0.6 is 11.8 Å². The summed E-state index contributed by atoms with van der Waals surface area (Å²) < 4.78 is 10.8. The van der Waals surface area contributed by atoms with Crippen LogP contribution in [-0.4, -0.2) is 47.3 Å². The van der Waals surface area contributed by atoms with Crippen molar-refractivity contribution in [2.24, 2.45) is 0 Å². The number of aliphatic hydroxyl groups is 1. The highest BCUT2D eigenvalue weighted by molar-refractivity contribution is 7.99. The summed E-state index contributed by atoms with van der Waals surface area (Å²) in [6.45, 7) is 4.47. The lowest BCUT2D eigenvalue weighted by atomic mass is 10.0. The summed E-state index contributed by atoms with van der Waals surface area (Å²) in [7, 11) is 0. The van der Waals surface area contributed by atoms with Crippen molar-refractivity contribution in [3.05, 3.63) is 59.5 Å². The number of rotatable bonds is 7. The van der Waals surface area contributed by atoms with E-state index in [4.69, 9.17) is 9.15 Å². The third-order valence-corrected chi connectivity index (χ3v) is 5.30. The molecular weight excluding hydrogens is 322 g/mol. The average molecular weight is 347 g/mol. The largest absolute Gasteiger partial charge is 0.467 e. The number of β-amino-alcohol motifs (C(OH)–C–C–N with tert-alkyl or cyclic N) is 1. The molecule has 0 spiro atoms. The van der Waals surface area contributed by atoms with Crippen LogP contribution in [0.1, 0.15) is 22.9 Å². The van der Waals surface area contributed by atoms with E-state index < -0.39 is 6.10 Å². The number of hydrogen-bond acceptors (Lipinski definition) is 5. The van der Waals surface area contributed by atoms with E-state index in [-0.39, 0.29) is 0 Å². The zero-order valence-corrected chi connectivity index (χ0v) is 14.9. The van der Waals surface area contributed by atoms with Crippen LogP contribution in [0.2, 0.25) is 0 Å². The molecule has 0 amide bonds. The molecule has 130 valence electrons. The van der Waals surface area contributed by atoms with Gasteiger partial charge in [0.15, 0.2) is 0 Å². The maximum Gasteiger partial charge on any atom is 0.129 e. The van der Waals surface area contributed by atoms with Crippen LogP contribution in [0.15, 0.2) is 47.1 Å². The third kappa shape index (κ3) is 4.86. The van der Waals surface area contributed by atoms with E-state index in [0.29, 0.717) is 25.8 Å². The molecule has 0 saturated carbocycles. The Morgan fingerprint density at radius 3 is 2.92 bits per heavy atom. The molecule has 1 aromatic carbocycles. The van der Waals surface area contributed by atoms with E-state index in [9.17, 15) is 5.11 Å².